The fourth-order valence-electron chi connectivity index (χ4n) is 3.91. The Hall–Kier alpha value is -2.44. The second kappa shape index (κ2) is 10.4. The number of nitrogens with one attached hydrogen (secondary N) is 2. The molecule has 1 aliphatic rings. The van der Waals surface area contributed by atoms with Crippen molar-refractivity contribution in [3.63, 3.8) is 0 Å². The first-order valence-electron chi connectivity index (χ1n) is 10.3. The number of carbonyl (C=O) groups is 1. The van der Waals surface area contributed by atoms with Crippen LogP contribution in [0, 0.1) is 5.82 Å². The normalized spacial score (nSPS) is 15.9. The smallest absolute Gasteiger partial charge is 0.319 e. The first-order valence-corrected chi connectivity index (χ1v) is 10.3. The van der Waals surface area contributed by atoms with Crippen molar-refractivity contribution in [3.8, 4) is 0 Å². The van der Waals surface area contributed by atoms with Gasteiger partial charge in [-0.25, -0.2) is 9.18 Å². The van der Waals surface area contributed by atoms with E-state index in [2.05, 4.69) is 22.6 Å². The first kappa shape index (κ1) is 21.3. The van der Waals surface area contributed by atoms with E-state index >= 15 is 0 Å². The summed E-state index contributed by atoms with van der Waals surface area (Å²) < 4.78 is 13.7. The number of urea groups is 1. The van der Waals surface area contributed by atoms with Crippen LogP contribution in [0.3, 0.4) is 0 Å². The number of aliphatic hydroxyl groups excluding tert-OH is 1. The first-order chi connectivity index (χ1) is 14.0. The predicted octanol–water partition coefficient (Wildman–Crippen LogP) is 4.45. The van der Waals surface area contributed by atoms with E-state index in [0.29, 0.717) is 6.04 Å². The second-order valence-corrected chi connectivity index (χ2v) is 7.74. The zero-order valence-corrected chi connectivity index (χ0v) is 16.9. The molecule has 2 amide bonds. The Morgan fingerprint density at radius 3 is 2.59 bits per heavy atom. The van der Waals surface area contributed by atoms with Gasteiger partial charge in [-0.2, -0.15) is 0 Å². The minimum atomic E-state index is -1.10. The Morgan fingerprint density at radius 2 is 1.83 bits per heavy atom. The van der Waals surface area contributed by atoms with Crippen LogP contribution < -0.4 is 10.6 Å². The topological polar surface area (TPSA) is 64.6 Å². The lowest BCUT2D eigenvalue weighted by Gasteiger charge is -2.31. The molecule has 0 radical (unpaired) electrons. The van der Waals surface area contributed by atoms with Crippen molar-refractivity contribution < 1.29 is 14.3 Å². The number of hydrogen-bond acceptors (Lipinski definition) is 3. The molecule has 0 bridgehead atoms. The Kier molecular flexibility index (Phi) is 7.61. The lowest BCUT2D eigenvalue weighted by molar-refractivity contribution is 0.170. The van der Waals surface area contributed by atoms with Gasteiger partial charge < -0.3 is 15.7 Å². The van der Waals surface area contributed by atoms with Crippen molar-refractivity contribution in [1.82, 2.24) is 10.2 Å². The van der Waals surface area contributed by atoms with Gasteiger partial charge in [-0.05, 0) is 37.6 Å². The highest BCUT2D eigenvalue weighted by molar-refractivity contribution is 5.90. The molecular formula is C23H30FN3O2. The predicted molar refractivity (Wildman–Crippen MR) is 113 cm³/mol. The third kappa shape index (κ3) is 6.02. The van der Waals surface area contributed by atoms with Gasteiger partial charge >= 0.3 is 6.03 Å². The summed E-state index contributed by atoms with van der Waals surface area (Å²) in [5.74, 6) is -0.488. The largest absolute Gasteiger partial charge is 0.386 e. The van der Waals surface area contributed by atoms with E-state index in [1.165, 1.54) is 44.2 Å². The van der Waals surface area contributed by atoms with E-state index in [1.807, 2.05) is 24.3 Å². The molecule has 2 aromatic rings. The Balaban J connectivity index is 1.55. The third-order valence-corrected chi connectivity index (χ3v) is 5.60. The number of anilines is 1. The molecule has 1 unspecified atom stereocenters. The zero-order valence-electron chi connectivity index (χ0n) is 16.9. The number of benzene rings is 2. The summed E-state index contributed by atoms with van der Waals surface area (Å²) in [6.45, 7) is 0.690. The van der Waals surface area contributed by atoms with Crippen LogP contribution in [0.25, 0.3) is 0 Å². The van der Waals surface area contributed by atoms with Crippen LogP contribution in [0.2, 0.25) is 0 Å². The van der Waals surface area contributed by atoms with Crippen molar-refractivity contribution in [1.29, 1.82) is 0 Å². The van der Waals surface area contributed by atoms with E-state index in [1.54, 1.807) is 12.1 Å². The Labute approximate surface area is 171 Å². The molecule has 1 atom stereocenters. The van der Waals surface area contributed by atoms with Crippen molar-refractivity contribution >= 4 is 11.7 Å². The number of para-hydroxylation sites is 1. The summed E-state index contributed by atoms with van der Waals surface area (Å²) in [6.07, 6.45) is 5.22. The van der Waals surface area contributed by atoms with E-state index in [4.69, 9.17) is 0 Å². The van der Waals surface area contributed by atoms with Crippen LogP contribution >= 0.6 is 0 Å². The fourth-order valence-corrected chi connectivity index (χ4v) is 3.91. The molecule has 1 aliphatic carbocycles. The standard InChI is InChI=1S/C23H30FN3O2/c1-27(18-10-3-2-4-11-18)16-17-9-5-8-14-21(17)26-23(29)25-15-22(28)19-12-6-7-13-20(19)24/h5-9,12-14,18,22,28H,2-4,10-11,15-16H2,1H3,(H2,25,26,29). The lowest BCUT2D eigenvalue weighted by atomic mass is 9.94. The zero-order chi connectivity index (χ0) is 20.6. The van der Waals surface area contributed by atoms with Crippen molar-refractivity contribution in [2.75, 3.05) is 18.9 Å². The van der Waals surface area contributed by atoms with Crippen LogP contribution in [0.15, 0.2) is 48.5 Å². The molecular weight excluding hydrogens is 369 g/mol. The molecule has 0 spiro atoms. The molecule has 0 aliphatic heterocycles. The number of amides is 2. The van der Waals surface area contributed by atoms with Crippen LogP contribution in [0.5, 0.6) is 0 Å². The fraction of sp³-hybridized carbons (Fsp3) is 0.435. The molecule has 3 rings (SSSR count). The van der Waals surface area contributed by atoms with Crippen LogP contribution in [0.1, 0.15) is 49.3 Å². The van der Waals surface area contributed by atoms with E-state index in [9.17, 15) is 14.3 Å². The van der Waals surface area contributed by atoms with Gasteiger partial charge in [-0.15, -0.1) is 0 Å². The van der Waals surface area contributed by atoms with E-state index in [0.717, 1.165) is 17.8 Å². The van der Waals surface area contributed by atoms with Gasteiger partial charge in [0, 0.05) is 30.4 Å². The molecule has 0 heterocycles. The van der Waals surface area contributed by atoms with Gasteiger partial charge in [-0.3, -0.25) is 4.90 Å². The van der Waals surface area contributed by atoms with Gasteiger partial charge in [0.25, 0.3) is 0 Å². The van der Waals surface area contributed by atoms with E-state index in [-0.39, 0.29) is 12.1 Å². The molecule has 2 aromatic carbocycles. The molecule has 5 nitrogen and oxygen atoms in total. The Morgan fingerprint density at radius 1 is 1.14 bits per heavy atom. The maximum atomic E-state index is 13.7. The van der Waals surface area contributed by atoms with E-state index < -0.39 is 18.0 Å². The minimum Gasteiger partial charge on any atom is -0.386 e. The molecule has 1 saturated carbocycles. The number of nitrogens with zero attached hydrogens (tertiary/aromatic N) is 1. The van der Waals surface area contributed by atoms with Crippen molar-refractivity contribution in [2.24, 2.45) is 0 Å². The van der Waals surface area contributed by atoms with Crippen molar-refractivity contribution in [3.05, 3.63) is 65.5 Å². The van der Waals surface area contributed by atoms with Crippen LogP contribution in [-0.2, 0) is 6.54 Å². The molecule has 6 heteroatoms. The van der Waals surface area contributed by atoms with Gasteiger partial charge in [0.05, 0.1) is 6.10 Å². The maximum Gasteiger partial charge on any atom is 0.319 e. The van der Waals surface area contributed by atoms with Gasteiger partial charge in [0.1, 0.15) is 5.82 Å². The summed E-state index contributed by atoms with van der Waals surface area (Å²) in [4.78, 5) is 14.7. The second-order valence-electron chi connectivity index (χ2n) is 7.74. The highest BCUT2D eigenvalue weighted by Crippen LogP contribution is 2.25. The number of aliphatic hydroxyl groups is 1. The monoisotopic (exact) mass is 399 g/mol. The summed E-state index contributed by atoms with van der Waals surface area (Å²) in [5, 5.41) is 15.6. The average Bonchev–Trinajstić information content (AvgIpc) is 2.74. The number of halogens is 1. The summed E-state index contributed by atoms with van der Waals surface area (Å²) >= 11 is 0. The lowest BCUT2D eigenvalue weighted by Crippen LogP contribution is -2.34. The molecule has 29 heavy (non-hydrogen) atoms. The number of carbonyl (C=O) groups excluding carboxylic acids is 1. The average molecular weight is 400 g/mol. The van der Waals surface area contributed by atoms with Gasteiger partial charge in [0.15, 0.2) is 0 Å². The molecule has 3 N–H and O–H groups in total. The molecule has 1 fully saturated rings. The minimum absolute atomic E-state index is 0.0725. The molecule has 0 aromatic heterocycles. The number of rotatable bonds is 7. The van der Waals surface area contributed by atoms with Gasteiger partial charge in [-0.1, -0.05) is 55.7 Å². The van der Waals surface area contributed by atoms with Gasteiger partial charge in [0.2, 0.25) is 0 Å². The highest BCUT2D eigenvalue weighted by atomic mass is 19.1. The summed E-state index contributed by atoms with van der Waals surface area (Å²) in [6, 6.07) is 13.9. The van der Waals surface area contributed by atoms with Crippen LogP contribution in [-0.4, -0.2) is 35.7 Å². The molecule has 0 saturated heterocycles. The van der Waals surface area contributed by atoms with Crippen LogP contribution in [0.4, 0.5) is 14.9 Å². The SMILES string of the molecule is CN(Cc1ccccc1NC(=O)NCC(O)c1ccccc1F)C1CCCCC1. The summed E-state index contributed by atoms with van der Waals surface area (Å²) in [5.41, 5.74) is 1.96. The third-order valence-electron chi connectivity index (χ3n) is 5.60. The quantitative estimate of drug-likeness (QED) is 0.645. The maximum absolute atomic E-state index is 13.7. The Bertz CT molecular complexity index is 808. The van der Waals surface area contributed by atoms with Crippen molar-refractivity contribution in [2.45, 2.75) is 50.8 Å². The highest BCUT2D eigenvalue weighted by Gasteiger charge is 2.19. The molecule has 156 valence electrons. The summed E-state index contributed by atoms with van der Waals surface area (Å²) in [7, 11) is 2.14. The number of hydrogen-bond donors (Lipinski definition) is 3.